The van der Waals surface area contributed by atoms with Gasteiger partial charge in [-0.25, -0.2) is 0 Å². The number of likely N-dealkylation sites (tertiary alicyclic amines) is 2. The maximum absolute atomic E-state index is 14.7. The van der Waals surface area contributed by atoms with Crippen LogP contribution in [0.15, 0.2) is 109 Å². The zero-order valence-electron chi connectivity index (χ0n) is 40.6. The number of alkyl halides is 2. The lowest BCUT2D eigenvalue weighted by Crippen LogP contribution is -2.59. The molecule has 0 amide bonds. The summed E-state index contributed by atoms with van der Waals surface area (Å²) in [5.74, 6) is 1.48. The van der Waals surface area contributed by atoms with Crippen LogP contribution in [0.25, 0.3) is 42.4 Å². The molecule has 0 bridgehead atoms. The first-order valence-electron chi connectivity index (χ1n) is 24.3. The Morgan fingerprint density at radius 2 is 1.10 bits per heavy atom. The molecule has 6 aromatic carbocycles. The standard InChI is InChI=1S/C59H55ClF2N2O6S2/c1-33-21-37(22-34(2)52(33)56(67)58-54(47-15-9-43(65)26-50(47)71-58)39-5-11-45(12-6-39)69-19-17-63-30-38(28-61)31-63)25-49-41(29-62)32-64(49)18-20-70-46-13-7-40(8-14-46)55-48-16-10-44(66)27-51(48)72-59(55)57(68)53-35(3)23-42(60)24-36(53)4/h5-16,21-24,26-27,38,41,49,65-66H,17-20,25,28-32H2,1-4H3. The van der Waals surface area contributed by atoms with E-state index in [0.29, 0.717) is 70.1 Å². The number of carbonyl (C=O) groups is 2. The van der Waals surface area contributed by atoms with E-state index in [1.807, 2.05) is 88.4 Å². The molecule has 370 valence electrons. The van der Waals surface area contributed by atoms with Gasteiger partial charge in [-0.15, -0.1) is 22.7 Å². The molecule has 0 aliphatic carbocycles. The fourth-order valence-corrected chi connectivity index (χ4v) is 13.5. The van der Waals surface area contributed by atoms with Crippen molar-refractivity contribution in [3.05, 3.63) is 163 Å². The van der Waals surface area contributed by atoms with Crippen LogP contribution in [0.2, 0.25) is 5.02 Å². The highest BCUT2D eigenvalue weighted by Gasteiger charge is 2.39. The molecule has 2 N–H and O–H groups in total. The summed E-state index contributed by atoms with van der Waals surface area (Å²) in [4.78, 5) is 34.6. The zero-order valence-corrected chi connectivity index (χ0v) is 43.0. The van der Waals surface area contributed by atoms with Gasteiger partial charge in [-0.3, -0.25) is 28.2 Å². The lowest BCUT2D eigenvalue weighted by atomic mass is 9.83. The van der Waals surface area contributed by atoms with Crippen LogP contribution >= 0.6 is 34.3 Å². The molecule has 0 saturated carbocycles. The van der Waals surface area contributed by atoms with Gasteiger partial charge in [0.05, 0.1) is 23.1 Å². The number of rotatable bonds is 18. The van der Waals surface area contributed by atoms with E-state index in [-0.39, 0.29) is 47.6 Å². The van der Waals surface area contributed by atoms with Crippen molar-refractivity contribution < 1.29 is 38.1 Å². The Balaban J connectivity index is 0.812. The number of nitrogens with zero attached hydrogens (tertiary/aromatic N) is 2. The van der Waals surface area contributed by atoms with Crippen LogP contribution in [-0.4, -0.2) is 96.9 Å². The number of hydrogen-bond donors (Lipinski definition) is 2. The Morgan fingerprint density at radius 1 is 0.625 bits per heavy atom. The van der Waals surface area contributed by atoms with E-state index in [1.165, 1.54) is 22.7 Å². The minimum atomic E-state index is -0.422. The smallest absolute Gasteiger partial charge is 0.204 e. The number of hydrogen-bond acceptors (Lipinski definition) is 10. The van der Waals surface area contributed by atoms with Gasteiger partial charge in [0, 0.05) is 98.1 Å². The van der Waals surface area contributed by atoms with Crippen molar-refractivity contribution in [3.8, 4) is 45.3 Å². The third kappa shape index (κ3) is 9.87. The molecule has 4 heterocycles. The Labute approximate surface area is 431 Å². The summed E-state index contributed by atoms with van der Waals surface area (Å²) in [6.07, 6.45) is 0.625. The normalized spacial score (nSPS) is 16.3. The van der Waals surface area contributed by atoms with Crippen molar-refractivity contribution in [3.63, 3.8) is 0 Å². The number of fused-ring (bicyclic) bond motifs is 2. The predicted octanol–water partition coefficient (Wildman–Crippen LogP) is 13.4. The van der Waals surface area contributed by atoms with Crippen molar-refractivity contribution in [2.45, 2.75) is 40.2 Å². The van der Waals surface area contributed by atoms with Gasteiger partial charge in [-0.1, -0.05) is 48.0 Å². The van der Waals surface area contributed by atoms with E-state index < -0.39 is 6.67 Å². The largest absolute Gasteiger partial charge is 0.508 e. The lowest BCUT2D eigenvalue weighted by Gasteiger charge is -2.47. The van der Waals surface area contributed by atoms with E-state index in [4.69, 9.17) is 21.1 Å². The summed E-state index contributed by atoms with van der Waals surface area (Å²) in [5.41, 5.74) is 8.90. The average molecular weight is 1030 g/mol. The number of ketones is 2. The molecular formula is C59H55ClF2N2O6S2. The van der Waals surface area contributed by atoms with Crippen molar-refractivity contribution in [1.82, 2.24) is 9.80 Å². The van der Waals surface area contributed by atoms with E-state index >= 15 is 0 Å². The molecule has 72 heavy (non-hydrogen) atoms. The lowest BCUT2D eigenvalue weighted by molar-refractivity contribution is -0.00654. The Morgan fingerprint density at radius 3 is 1.57 bits per heavy atom. The summed E-state index contributed by atoms with van der Waals surface area (Å²) in [5, 5.41) is 23.0. The highest BCUT2D eigenvalue weighted by Crippen LogP contribution is 2.44. The molecule has 10 rings (SSSR count). The van der Waals surface area contributed by atoms with Gasteiger partial charge < -0.3 is 19.7 Å². The van der Waals surface area contributed by atoms with Gasteiger partial charge in [0.1, 0.15) is 36.2 Å². The Kier molecular flexibility index (Phi) is 14.3. The number of benzene rings is 6. The molecule has 8 nitrogen and oxygen atoms in total. The number of phenols is 2. The van der Waals surface area contributed by atoms with Gasteiger partial charge in [-0.05, 0) is 146 Å². The first-order chi connectivity index (χ1) is 34.8. The second-order valence-electron chi connectivity index (χ2n) is 19.4. The summed E-state index contributed by atoms with van der Waals surface area (Å²) >= 11 is 9.05. The molecule has 2 unspecified atom stereocenters. The van der Waals surface area contributed by atoms with Crippen molar-refractivity contribution >= 4 is 66.0 Å². The topological polar surface area (TPSA) is 99.5 Å². The Bertz CT molecular complexity index is 3300. The maximum atomic E-state index is 14.7. The SMILES string of the molecule is Cc1cc(Cl)cc(C)c1C(=O)c1sc2cc(O)ccc2c1-c1ccc(OCCN2CC(CF)C2Cc2cc(C)c(C(=O)c3sc4cc(O)ccc4c3-c3ccc(OCCN4CC(CF)C4)cc3)c(C)c2)cc1. The molecule has 13 heteroatoms. The van der Waals surface area contributed by atoms with Crippen LogP contribution in [0.3, 0.4) is 0 Å². The average Bonchev–Trinajstić information content (AvgIpc) is 3.90. The number of aromatic hydroxyl groups is 2. The van der Waals surface area contributed by atoms with Crippen molar-refractivity contribution in [2.24, 2.45) is 11.8 Å². The Hall–Kier alpha value is -6.15. The molecule has 2 fully saturated rings. The minimum absolute atomic E-state index is 0.0326. The fraction of sp³-hybridized carbons (Fsp3) is 0.288. The number of halogens is 3. The number of thiophene rings is 2. The molecule has 2 atom stereocenters. The summed E-state index contributed by atoms with van der Waals surface area (Å²) in [6.45, 7) is 11.4. The molecular weight excluding hydrogens is 970 g/mol. The van der Waals surface area contributed by atoms with Gasteiger partial charge in [0.25, 0.3) is 0 Å². The third-order valence-electron chi connectivity index (χ3n) is 14.3. The van der Waals surface area contributed by atoms with E-state index in [1.54, 1.807) is 36.4 Å². The van der Waals surface area contributed by atoms with Gasteiger partial charge in [0.2, 0.25) is 11.6 Å². The van der Waals surface area contributed by atoms with Crippen molar-refractivity contribution in [2.75, 3.05) is 59.3 Å². The second kappa shape index (κ2) is 20.8. The minimum Gasteiger partial charge on any atom is -0.508 e. The van der Waals surface area contributed by atoms with Crippen LogP contribution in [0.1, 0.15) is 58.3 Å². The van der Waals surface area contributed by atoms with E-state index in [9.17, 15) is 28.6 Å². The third-order valence-corrected chi connectivity index (χ3v) is 16.8. The zero-order chi connectivity index (χ0) is 50.4. The van der Waals surface area contributed by atoms with Crippen LogP contribution < -0.4 is 9.47 Å². The molecule has 8 aromatic rings. The molecule has 2 saturated heterocycles. The molecule has 0 spiro atoms. The summed E-state index contributed by atoms with van der Waals surface area (Å²) in [7, 11) is 0. The number of aryl methyl sites for hydroxylation is 4. The fourth-order valence-electron chi connectivity index (χ4n) is 10.7. The van der Waals surface area contributed by atoms with Gasteiger partial charge >= 0.3 is 0 Å². The van der Waals surface area contributed by atoms with Crippen LogP contribution in [-0.2, 0) is 6.42 Å². The molecule has 2 aliphatic rings. The van der Waals surface area contributed by atoms with Crippen LogP contribution in [0.4, 0.5) is 8.78 Å². The quantitative estimate of drug-likeness (QED) is 0.0820. The molecule has 2 aromatic heterocycles. The van der Waals surface area contributed by atoms with E-state index in [0.717, 1.165) is 89.9 Å². The first kappa shape index (κ1) is 49.4. The summed E-state index contributed by atoms with van der Waals surface area (Å²) < 4.78 is 41.2. The maximum Gasteiger partial charge on any atom is 0.204 e. The first-order valence-corrected chi connectivity index (χ1v) is 26.3. The number of phenolic OH excluding ortho intramolecular Hbond substituents is 2. The van der Waals surface area contributed by atoms with E-state index in [2.05, 4.69) is 21.9 Å². The highest BCUT2D eigenvalue weighted by atomic mass is 35.5. The van der Waals surface area contributed by atoms with Crippen molar-refractivity contribution in [1.29, 1.82) is 0 Å². The van der Waals surface area contributed by atoms with Gasteiger partial charge in [0.15, 0.2) is 0 Å². The monoisotopic (exact) mass is 1020 g/mol. The number of carbonyl (C=O) groups excluding carboxylic acids is 2. The second-order valence-corrected chi connectivity index (χ2v) is 21.9. The van der Waals surface area contributed by atoms with Gasteiger partial charge in [-0.2, -0.15) is 0 Å². The molecule has 0 radical (unpaired) electrons. The molecule has 2 aliphatic heterocycles. The summed E-state index contributed by atoms with van der Waals surface area (Å²) in [6, 6.07) is 33.5. The predicted molar refractivity (Wildman–Crippen MR) is 287 cm³/mol. The number of ether oxygens (including phenoxy) is 2. The van der Waals surface area contributed by atoms with Crippen LogP contribution in [0, 0.1) is 39.5 Å². The highest BCUT2D eigenvalue weighted by molar-refractivity contribution is 7.22. The van der Waals surface area contributed by atoms with Crippen LogP contribution in [0.5, 0.6) is 23.0 Å².